The van der Waals surface area contributed by atoms with Gasteiger partial charge in [0, 0.05) is 46.3 Å². The maximum atomic E-state index is 12.8. The number of furan rings is 1. The van der Waals surface area contributed by atoms with E-state index in [0.29, 0.717) is 45.2 Å². The molecular formula is C16H24F3N5O2. The second-order valence-electron chi connectivity index (χ2n) is 5.95. The zero-order valence-electron chi connectivity index (χ0n) is 14.8. The van der Waals surface area contributed by atoms with Crippen LogP contribution in [-0.2, 0) is 0 Å². The number of carbonyl (C=O) groups excluding carboxylic acids is 1. The van der Waals surface area contributed by atoms with Gasteiger partial charge in [0.2, 0.25) is 0 Å². The van der Waals surface area contributed by atoms with E-state index in [9.17, 15) is 18.0 Å². The zero-order valence-corrected chi connectivity index (χ0v) is 14.8. The molecule has 2 heterocycles. The van der Waals surface area contributed by atoms with E-state index in [-0.39, 0.29) is 11.7 Å². The highest BCUT2D eigenvalue weighted by Gasteiger charge is 2.41. The molecule has 0 saturated carbocycles. The number of rotatable bonds is 5. The Labute approximate surface area is 150 Å². The molecule has 1 fully saturated rings. The molecule has 10 heteroatoms. The van der Waals surface area contributed by atoms with Crippen LogP contribution in [0.4, 0.5) is 13.2 Å². The van der Waals surface area contributed by atoms with E-state index in [1.54, 1.807) is 19.2 Å². The average Bonchev–Trinajstić information content (AvgIpc) is 3.15. The Kier molecular flexibility index (Phi) is 6.90. The van der Waals surface area contributed by atoms with Crippen molar-refractivity contribution in [1.29, 1.82) is 0 Å². The number of carbonyl (C=O) groups is 1. The van der Waals surface area contributed by atoms with Gasteiger partial charge in [0.05, 0.1) is 6.26 Å². The summed E-state index contributed by atoms with van der Waals surface area (Å²) in [6.45, 7) is 3.54. The highest BCUT2D eigenvalue weighted by atomic mass is 19.4. The highest BCUT2D eigenvalue weighted by molar-refractivity contribution is 5.91. The van der Waals surface area contributed by atoms with E-state index in [1.165, 1.54) is 18.1 Å². The largest absolute Gasteiger partial charge is 0.459 e. The lowest BCUT2D eigenvalue weighted by molar-refractivity contribution is -0.181. The van der Waals surface area contributed by atoms with Crippen molar-refractivity contribution in [2.45, 2.75) is 19.1 Å². The SMILES string of the molecule is CN=C(NCCNC(=O)c1ccco1)N1CCN(C(C)C(F)(F)F)CC1. The molecule has 0 aliphatic carbocycles. The van der Waals surface area contributed by atoms with Crippen LogP contribution in [0, 0.1) is 0 Å². The molecule has 146 valence electrons. The minimum atomic E-state index is -4.21. The van der Waals surface area contributed by atoms with Crippen molar-refractivity contribution >= 4 is 11.9 Å². The van der Waals surface area contributed by atoms with Gasteiger partial charge in [-0.3, -0.25) is 14.7 Å². The molecular weight excluding hydrogens is 351 g/mol. The zero-order chi connectivity index (χ0) is 19.2. The third-order valence-electron chi connectivity index (χ3n) is 4.29. The number of alkyl halides is 3. The predicted molar refractivity (Wildman–Crippen MR) is 91.1 cm³/mol. The van der Waals surface area contributed by atoms with Gasteiger partial charge in [0.25, 0.3) is 5.91 Å². The fourth-order valence-electron chi connectivity index (χ4n) is 2.71. The summed E-state index contributed by atoms with van der Waals surface area (Å²) in [5, 5.41) is 5.81. The molecule has 0 bridgehead atoms. The Bertz CT molecular complexity index is 596. The monoisotopic (exact) mass is 375 g/mol. The molecule has 7 nitrogen and oxygen atoms in total. The average molecular weight is 375 g/mol. The topological polar surface area (TPSA) is 73.1 Å². The number of amides is 1. The Morgan fingerprint density at radius 1 is 1.27 bits per heavy atom. The van der Waals surface area contributed by atoms with Crippen molar-refractivity contribution in [3.63, 3.8) is 0 Å². The summed E-state index contributed by atoms with van der Waals surface area (Å²) >= 11 is 0. The van der Waals surface area contributed by atoms with E-state index < -0.39 is 12.2 Å². The predicted octanol–water partition coefficient (Wildman–Crippen LogP) is 1.15. The van der Waals surface area contributed by atoms with E-state index in [4.69, 9.17) is 4.42 Å². The third-order valence-corrected chi connectivity index (χ3v) is 4.29. The van der Waals surface area contributed by atoms with Crippen LogP contribution in [0.3, 0.4) is 0 Å². The summed E-state index contributed by atoms with van der Waals surface area (Å²) in [6, 6.07) is 1.76. The van der Waals surface area contributed by atoms with Gasteiger partial charge in [-0.25, -0.2) is 0 Å². The quantitative estimate of drug-likeness (QED) is 0.459. The Balaban J connectivity index is 1.72. The number of hydrogen-bond donors (Lipinski definition) is 2. The molecule has 1 aliphatic heterocycles. The number of nitrogens with one attached hydrogen (secondary N) is 2. The van der Waals surface area contributed by atoms with Gasteiger partial charge in [0.1, 0.15) is 6.04 Å². The Hall–Kier alpha value is -2.23. The number of aliphatic imine (C=N–C) groups is 1. The van der Waals surface area contributed by atoms with E-state index in [1.807, 2.05) is 4.90 Å². The van der Waals surface area contributed by atoms with Gasteiger partial charge in [-0.1, -0.05) is 0 Å². The first-order valence-electron chi connectivity index (χ1n) is 8.41. The lowest BCUT2D eigenvalue weighted by Gasteiger charge is -2.39. The molecule has 1 aromatic rings. The number of nitrogens with zero attached hydrogens (tertiary/aromatic N) is 3. The molecule has 1 aromatic heterocycles. The molecule has 0 radical (unpaired) electrons. The molecule has 0 spiro atoms. The summed E-state index contributed by atoms with van der Waals surface area (Å²) in [4.78, 5) is 19.2. The fraction of sp³-hybridized carbons (Fsp3) is 0.625. The molecule has 2 rings (SSSR count). The van der Waals surface area contributed by atoms with Crippen LogP contribution in [0.5, 0.6) is 0 Å². The molecule has 2 N–H and O–H groups in total. The maximum absolute atomic E-state index is 12.8. The number of halogens is 3. The first-order chi connectivity index (χ1) is 12.3. The summed E-state index contributed by atoms with van der Waals surface area (Å²) in [5.74, 6) is 0.544. The lowest BCUT2D eigenvalue weighted by Crippen LogP contribution is -2.57. The molecule has 1 atom stereocenters. The maximum Gasteiger partial charge on any atom is 0.403 e. The van der Waals surface area contributed by atoms with Crippen LogP contribution >= 0.6 is 0 Å². The van der Waals surface area contributed by atoms with Crippen LogP contribution in [0.1, 0.15) is 17.5 Å². The molecule has 1 saturated heterocycles. The van der Waals surface area contributed by atoms with Gasteiger partial charge in [-0.05, 0) is 19.1 Å². The molecule has 1 aliphatic rings. The van der Waals surface area contributed by atoms with E-state index in [0.717, 1.165) is 0 Å². The minimum absolute atomic E-state index is 0.240. The minimum Gasteiger partial charge on any atom is -0.459 e. The summed E-state index contributed by atoms with van der Waals surface area (Å²) in [7, 11) is 1.62. The van der Waals surface area contributed by atoms with Crippen LogP contribution in [-0.4, -0.2) is 80.2 Å². The summed E-state index contributed by atoms with van der Waals surface area (Å²) in [5.41, 5.74) is 0. The van der Waals surface area contributed by atoms with Gasteiger partial charge in [-0.15, -0.1) is 0 Å². The first kappa shape index (κ1) is 20.1. The van der Waals surface area contributed by atoms with Gasteiger partial charge in [-0.2, -0.15) is 13.2 Å². The van der Waals surface area contributed by atoms with Crippen LogP contribution < -0.4 is 10.6 Å². The number of guanidine groups is 1. The van der Waals surface area contributed by atoms with Crippen molar-refractivity contribution in [3.05, 3.63) is 24.2 Å². The fourth-order valence-corrected chi connectivity index (χ4v) is 2.71. The highest BCUT2D eigenvalue weighted by Crippen LogP contribution is 2.25. The normalized spacial score (nSPS) is 17.9. The van der Waals surface area contributed by atoms with Crippen LogP contribution in [0.2, 0.25) is 0 Å². The Morgan fingerprint density at radius 3 is 2.46 bits per heavy atom. The van der Waals surface area contributed by atoms with E-state index >= 15 is 0 Å². The number of piperazine rings is 1. The molecule has 26 heavy (non-hydrogen) atoms. The van der Waals surface area contributed by atoms with Crippen molar-refractivity contribution in [3.8, 4) is 0 Å². The van der Waals surface area contributed by atoms with Crippen molar-refractivity contribution in [1.82, 2.24) is 20.4 Å². The molecule has 1 amide bonds. The molecule has 0 aromatic carbocycles. The van der Waals surface area contributed by atoms with Crippen LogP contribution in [0.25, 0.3) is 0 Å². The second kappa shape index (κ2) is 8.93. The van der Waals surface area contributed by atoms with Crippen molar-refractivity contribution in [2.75, 3.05) is 46.3 Å². The lowest BCUT2D eigenvalue weighted by atomic mass is 10.2. The van der Waals surface area contributed by atoms with Crippen LogP contribution in [0.15, 0.2) is 27.8 Å². The third kappa shape index (κ3) is 5.38. The van der Waals surface area contributed by atoms with Crippen molar-refractivity contribution in [2.24, 2.45) is 4.99 Å². The standard InChI is InChI=1S/C16H24F3N5O2/c1-12(16(17,18)19)23-7-9-24(10-8-23)15(20-2)22-6-5-21-14(25)13-4-3-11-26-13/h3-4,11-12H,5-10H2,1-2H3,(H,20,22)(H,21,25). The first-order valence-corrected chi connectivity index (χ1v) is 8.41. The van der Waals surface area contributed by atoms with Gasteiger partial charge in [0.15, 0.2) is 11.7 Å². The summed E-state index contributed by atoms with van der Waals surface area (Å²) in [6.07, 6.45) is -2.79. The summed E-state index contributed by atoms with van der Waals surface area (Å²) < 4.78 is 43.4. The smallest absolute Gasteiger partial charge is 0.403 e. The second-order valence-corrected chi connectivity index (χ2v) is 5.95. The van der Waals surface area contributed by atoms with E-state index in [2.05, 4.69) is 15.6 Å². The Morgan fingerprint density at radius 2 is 1.92 bits per heavy atom. The van der Waals surface area contributed by atoms with Crippen molar-refractivity contribution < 1.29 is 22.4 Å². The number of hydrogen-bond acceptors (Lipinski definition) is 4. The van der Waals surface area contributed by atoms with Gasteiger partial charge >= 0.3 is 6.18 Å². The molecule has 1 unspecified atom stereocenters. The van der Waals surface area contributed by atoms with Gasteiger partial charge < -0.3 is 20.0 Å².